The minimum Gasteiger partial charge on any atom is -0.349 e. The van der Waals surface area contributed by atoms with Crippen LogP contribution in [0.15, 0.2) is 12.2 Å². The molecule has 28 heavy (non-hydrogen) atoms. The van der Waals surface area contributed by atoms with Crippen molar-refractivity contribution in [1.82, 2.24) is 0 Å². The van der Waals surface area contributed by atoms with Crippen molar-refractivity contribution in [1.29, 1.82) is 0 Å². The third-order valence-corrected chi connectivity index (χ3v) is 6.00. The highest BCUT2D eigenvalue weighted by molar-refractivity contribution is 5.07. The highest BCUT2D eigenvalue weighted by Crippen LogP contribution is 2.46. The first-order chi connectivity index (χ1) is 13.6. The van der Waals surface area contributed by atoms with Gasteiger partial charge < -0.3 is 9.47 Å². The van der Waals surface area contributed by atoms with Crippen LogP contribution in [0.2, 0.25) is 0 Å². The summed E-state index contributed by atoms with van der Waals surface area (Å²) in [5, 5.41) is 0. The van der Waals surface area contributed by atoms with Crippen LogP contribution in [0.4, 0.5) is 0 Å². The summed E-state index contributed by atoms with van der Waals surface area (Å²) in [5.41, 5.74) is -0.0238. The number of ether oxygens (including phenoxy) is 2. The highest BCUT2D eigenvalue weighted by atomic mass is 16.7. The molecule has 2 nitrogen and oxygen atoms in total. The van der Waals surface area contributed by atoms with Crippen molar-refractivity contribution < 1.29 is 9.47 Å². The third-order valence-electron chi connectivity index (χ3n) is 6.00. The normalized spacial score (nSPS) is 14.6. The average molecular weight is 397 g/mol. The molecule has 0 spiro atoms. The van der Waals surface area contributed by atoms with Gasteiger partial charge in [-0.3, -0.25) is 0 Å². The molecule has 2 heteroatoms. The van der Waals surface area contributed by atoms with Crippen LogP contribution in [-0.2, 0) is 9.47 Å². The molecule has 0 saturated carbocycles. The Kier molecular flexibility index (Phi) is 17.3. The molecule has 0 radical (unpaired) electrons. The fourth-order valence-electron chi connectivity index (χ4n) is 4.06. The number of unbranched alkanes of at least 4 members (excludes halogenated alkanes) is 7. The van der Waals surface area contributed by atoms with Crippen molar-refractivity contribution >= 4 is 0 Å². The van der Waals surface area contributed by atoms with E-state index in [1.807, 2.05) is 0 Å². The Hall–Kier alpha value is -0.340. The summed E-state index contributed by atoms with van der Waals surface area (Å²) in [4.78, 5) is 0. The monoisotopic (exact) mass is 396 g/mol. The molecule has 0 saturated heterocycles. The average Bonchev–Trinajstić information content (AvgIpc) is 2.69. The van der Waals surface area contributed by atoms with E-state index in [1.54, 1.807) is 0 Å². The highest BCUT2D eigenvalue weighted by Gasteiger charge is 2.47. The molecule has 168 valence electrons. The second-order valence-electron chi connectivity index (χ2n) is 8.58. The van der Waals surface area contributed by atoms with Gasteiger partial charge in [0, 0.05) is 5.41 Å². The van der Waals surface area contributed by atoms with E-state index in [1.165, 1.54) is 38.5 Å². The Morgan fingerprint density at radius 2 is 1.14 bits per heavy atom. The maximum Gasteiger partial charge on any atom is 0.174 e. The molecule has 0 aliphatic heterocycles. The van der Waals surface area contributed by atoms with Crippen molar-refractivity contribution in [3.05, 3.63) is 12.2 Å². The van der Waals surface area contributed by atoms with Crippen LogP contribution in [0, 0.1) is 5.41 Å². The SMILES string of the molecule is CCC=CC(CCC)(CCCCCCCC)C(C)(OCCCC)OCCCC. The van der Waals surface area contributed by atoms with Crippen LogP contribution < -0.4 is 0 Å². The molecular weight excluding hydrogens is 344 g/mol. The van der Waals surface area contributed by atoms with E-state index in [0.29, 0.717) is 0 Å². The summed E-state index contributed by atoms with van der Waals surface area (Å²) in [6, 6.07) is 0. The fraction of sp³-hybridized carbons (Fsp3) is 0.923. The van der Waals surface area contributed by atoms with Gasteiger partial charge in [-0.05, 0) is 39.0 Å². The van der Waals surface area contributed by atoms with Crippen molar-refractivity contribution in [2.45, 2.75) is 137 Å². The number of rotatable bonds is 20. The zero-order chi connectivity index (χ0) is 21.1. The second-order valence-corrected chi connectivity index (χ2v) is 8.58. The van der Waals surface area contributed by atoms with Crippen molar-refractivity contribution in [3.63, 3.8) is 0 Å². The molecule has 0 aromatic rings. The lowest BCUT2D eigenvalue weighted by Gasteiger charge is -2.47. The van der Waals surface area contributed by atoms with Gasteiger partial charge >= 0.3 is 0 Å². The van der Waals surface area contributed by atoms with Crippen LogP contribution in [0.5, 0.6) is 0 Å². The van der Waals surface area contributed by atoms with Crippen molar-refractivity contribution in [2.24, 2.45) is 5.41 Å². The maximum absolute atomic E-state index is 6.55. The largest absolute Gasteiger partial charge is 0.349 e. The lowest BCUT2D eigenvalue weighted by molar-refractivity contribution is -0.282. The smallest absolute Gasteiger partial charge is 0.174 e. The van der Waals surface area contributed by atoms with Gasteiger partial charge in [-0.2, -0.15) is 0 Å². The third kappa shape index (κ3) is 10.4. The minimum absolute atomic E-state index is 0.0238. The molecule has 1 unspecified atom stereocenters. The molecular formula is C26H52O2. The first-order valence-corrected chi connectivity index (χ1v) is 12.5. The van der Waals surface area contributed by atoms with Gasteiger partial charge in [0.1, 0.15) is 0 Å². The van der Waals surface area contributed by atoms with Gasteiger partial charge in [0.15, 0.2) is 5.79 Å². The molecule has 0 heterocycles. The first-order valence-electron chi connectivity index (χ1n) is 12.5. The zero-order valence-electron chi connectivity index (χ0n) is 20.3. The first kappa shape index (κ1) is 27.7. The van der Waals surface area contributed by atoms with Gasteiger partial charge in [0.25, 0.3) is 0 Å². The summed E-state index contributed by atoms with van der Waals surface area (Å²) in [6.07, 6.45) is 21.9. The number of allylic oxidation sites excluding steroid dienone is 1. The van der Waals surface area contributed by atoms with Crippen LogP contribution in [0.3, 0.4) is 0 Å². The Labute approximate surface area is 177 Å². The molecule has 0 aromatic carbocycles. The summed E-state index contributed by atoms with van der Waals surface area (Å²) in [7, 11) is 0. The van der Waals surface area contributed by atoms with Crippen LogP contribution in [0.25, 0.3) is 0 Å². The second kappa shape index (κ2) is 17.5. The minimum atomic E-state index is -0.525. The van der Waals surface area contributed by atoms with E-state index >= 15 is 0 Å². The van der Waals surface area contributed by atoms with E-state index < -0.39 is 5.79 Å². The summed E-state index contributed by atoms with van der Waals surface area (Å²) in [6.45, 7) is 15.1. The van der Waals surface area contributed by atoms with Gasteiger partial charge in [0.05, 0.1) is 13.2 Å². The van der Waals surface area contributed by atoms with Gasteiger partial charge in [-0.15, -0.1) is 0 Å². The van der Waals surface area contributed by atoms with Gasteiger partial charge in [-0.1, -0.05) is 105 Å². The molecule has 0 N–H and O–H groups in total. The molecule has 0 aliphatic rings. The molecule has 0 rings (SSSR count). The van der Waals surface area contributed by atoms with Gasteiger partial charge in [-0.25, -0.2) is 0 Å². The number of hydrogen-bond donors (Lipinski definition) is 0. The Balaban J connectivity index is 5.41. The lowest BCUT2D eigenvalue weighted by atomic mass is 9.71. The quantitative estimate of drug-likeness (QED) is 0.116. The predicted octanol–water partition coefficient (Wildman–Crippen LogP) is 8.84. The Morgan fingerprint density at radius 3 is 1.64 bits per heavy atom. The Bertz CT molecular complexity index is 353. The molecule has 1 atom stereocenters. The van der Waals surface area contributed by atoms with Gasteiger partial charge in [0.2, 0.25) is 0 Å². The summed E-state index contributed by atoms with van der Waals surface area (Å²) < 4.78 is 13.1. The molecule has 0 aromatic heterocycles. The molecule has 0 fully saturated rings. The van der Waals surface area contributed by atoms with Crippen LogP contribution >= 0.6 is 0 Å². The van der Waals surface area contributed by atoms with E-state index in [9.17, 15) is 0 Å². The summed E-state index contributed by atoms with van der Waals surface area (Å²) in [5.74, 6) is -0.525. The van der Waals surface area contributed by atoms with E-state index in [2.05, 4.69) is 53.7 Å². The lowest BCUT2D eigenvalue weighted by Crippen LogP contribution is -2.50. The molecule has 0 bridgehead atoms. The standard InChI is InChI=1S/C26H52O2/c1-7-12-16-17-18-19-22-26(20-11-5,21-13-8-2)25(6,27-23-14-9-3)28-24-15-10-4/h13,21H,7-12,14-20,22-24H2,1-6H3. The van der Waals surface area contributed by atoms with Crippen LogP contribution in [0.1, 0.15) is 131 Å². The molecule has 0 amide bonds. The van der Waals surface area contributed by atoms with Crippen LogP contribution in [-0.4, -0.2) is 19.0 Å². The van der Waals surface area contributed by atoms with Crippen molar-refractivity contribution in [2.75, 3.05) is 13.2 Å². The summed E-state index contributed by atoms with van der Waals surface area (Å²) >= 11 is 0. The number of hydrogen-bond acceptors (Lipinski definition) is 2. The maximum atomic E-state index is 6.55. The fourth-order valence-corrected chi connectivity index (χ4v) is 4.06. The van der Waals surface area contributed by atoms with E-state index in [4.69, 9.17) is 9.47 Å². The van der Waals surface area contributed by atoms with E-state index in [-0.39, 0.29) is 5.41 Å². The topological polar surface area (TPSA) is 18.5 Å². The Morgan fingerprint density at radius 1 is 0.607 bits per heavy atom. The predicted molar refractivity (Wildman–Crippen MR) is 125 cm³/mol. The van der Waals surface area contributed by atoms with Crippen molar-refractivity contribution in [3.8, 4) is 0 Å². The van der Waals surface area contributed by atoms with E-state index in [0.717, 1.165) is 64.6 Å². The zero-order valence-corrected chi connectivity index (χ0v) is 20.3. The molecule has 0 aliphatic carbocycles.